The molecule has 0 aliphatic carbocycles. The maximum Gasteiger partial charge on any atom is 0.231 e. The van der Waals surface area contributed by atoms with E-state index in [0.29, 0.717) is 6.79 Å². The maximum absolute atomic E-state index is 5.44. The molecule has 1 heterocycles. The first-order chi connectivity index (χ1) is 6.92. The summed E-state index contributed by atoms with van der Waals surface area (Å²) in [6.45, 7) is 2.59. The zero-order valence-corrected chi connectivity index (χ0v) is 8.58. The van der Waals surface area contributed by atoms with Crippen molar-refractivity contribution in [2.24, 2.45) is 0 Å². The van der Waals surface area contributed by atoms with Gasteiger partial charge in [-0.2, -0.15) is 0 Å². The van der Waals surface area contributed by atoms with Crippen molar-refractivity contribution in [3.05, 3.63) is 23.8 Å². The van der Waals surface area contributed by atoms with Crippen molar-refractivity contribution < 1.29 is 9.47 Å². The molecule has 2 rings (SSSR count). The fourth-order valence-corrected chi connectivity index (χ4v) is 1.75. The number of ether oxygens (including phenoxy) is 2. The van der Waals surface area contributed by atoms with E-state index >= 15 is 0 Å². The van der Waals surface area contributed by atoms with Gasteiger partial charge in [0.25, 0.3) is 0 Å². The Morgan fingerprint density at radius 1 is 1.21 bits per heavy atom. The Morgan fingerprint density at radius 3 is 3.00 bits per heavy atom. The lowest BCUT2D eigenvalue weighted by molar-refractivity contribution is 0.173. The van der Waals surface area contributed by atoms with Crippen LogP contribution in [0.2, 0.25) is 0 Å². The van der Waals surface area contributed by atoms with Crippen molar-refractivity contribution >= 4 is 0 Å². The first kappa shape index (κ1) is 9.38. The van der Waals surface area contributed by atoms with Gasteiger partial charge in [-0.25, -0.2) is 0 Å². The Labute approximate surface area is 84.8 Å². The second-order valence-corrected chi connectivity index (χ2v) is 3.61. The minimum Gasteiger partial charge on any atom is -0.454 e. The van der Waals surface area contributed by atoms with Gasteiger partial charge in [0.1, 0.15) is 0 Å². The van der Waals surface area contributed by atoms with E-state index in [1.54, 1.807) is 0 Å². The lowest BCUT2D eigenvalue weighted by Gasteiger charge is -2.04. The Kier molecular flexibility index (Phi) is 2.92. The zero-order chi connectivity index (χ0) is 9.80. The smallest absolute Gasteiger partial charge is 0.231 e. The van der Waals surface area contributed by atoms with Crippen LogP contribution in [0.4, 0.5) is 0 Å². The molecule has 76 valence electrons. The van der Waals surface area contributed by atoms with Crippen molar-refractivity contribution in [3.63, 3.8) is 0 Å². The summed E-state index contributed by atoms with van der Waals surface area (Å²) in [6, 6.07) is 6.13. The van der Waals surface area contributed by atoms with Crippen molar-refractivity contribution in [2.45, 2.75) is 32.6 Å². The summed E-state index contributed by atoms with van der Waals surface area (Å²) in [5.74, 6) is 1.86. The minimum absolute atomic E-state index is 0.375. The van der Waals surface area contributed by atoms with Crippen LogP contribution in [0.3, 0.4) is 0 Å². The van der Waals surface area contributed by atoms with E-state index in [0.717, 1.165) is 17.9 Å². The van der Waals surface area contributed by atoms with E-state index in [1.807, 2.05) is 12.1 Å². The SMILES string of the molecule is CCCCCc1cccc2c1OCO2. The van der Waals surface area contributed by atoms with Crippen LogP contribution >= 0.6 is 0 Å². The van der Waals surface area contributed by atoms with Crippen molar-refractivity contribution in [1.29, 1.82) is 0 Å². The first-order valence-electron chi connectivity index (χ1n) is 5.29. The molecule has 0 saturated heterocycles. The van der Waals surface area contributed by atoms with Gasteiger partial charge in [-0.1, -0.05) is 31.9 Å². The van der Waals surface area contributed by atoms with Gasteiger partial charge in [0.2, 0.25) is 6.79 Å². The number of aryl methyl sites for hydroxylation is 1. The van der Waals surface area contributed by atoms with Crippen LogP contribution < -0.4 is 9.47 Å². The third-order valence-corrected chi connectivity index (χ3v) is 2.53. The predicted molar refractivity (Wildman–Crippen MR) is 55.8 cm³/mol. The molecule has 1 aliphatic rings. The number of unbranched alkanes of at least 4 members (excludes halogenated alkanes) is 2. The molecule has 1 aromatic rings. The molecule has 0 aromatic heterocycles. The van der Waals surface area contributed by atoms with Crippen LogP contribution in [0.25, 0.3) is 0 Å². The Bertz CT molecular complexity index is 307. The van der Waals surface area contributed by atoms with Gasteiger partial charge in [0, 0.05) is 0 Å². The second-order valence-electron chi connectivity index (χ2n) is 3.61. The fourth-order valence-electron chi connectivity index (χ4n) is 1.75. The van der Waals surface area contributed by atoms with Crippen LogP contribution in [0.1, 0.15) is 31.7 Å². The maximum atomic E-state index is 5.44. The lowest BCUT2D eigenvalue weighted by atomic mass is 10.1. The molecule has 0 bridgehead atoms. The highest BCUT2D eigenvalue weighted by Crippen LogP contribution is 2.35. The van der Waals surface area contributed by atoms with E-state index in [1.165, 1.54) is 24.8 Å². The quantitative estimate of drug-likeness (QED) is 0.682. The Morgan fingerprint density at radius 2 is 2.14 bits per heavy atom. The number of benzene rings is 1. The summed E-state index contributed by atoms with van der Waals surface area (Å²) in [4.78, 5) is 0. The van der Waals surface area contributed by atoms with Crippen LogP contribution in [0.5, 0.6) is 11.5 Å². The Hall–Kier alpha value is -1.18. The van der Waals surface area contributed by atoms with Crippen LogP contribution in [0.15, 0.2) is 18.2 Å². The summed E-state index contributed by atoms with van der Waals surface area (Å²) in [5, 5.41) is 0. The van der Waals surface area contributed by atoms with E-state index in [2.05, 4.69) is 13.0 Å². The summed E-state index contributed by atoms with van der Waals surface area (Å²) in [6.07, 6.45) is 4.87. The normalized spacial score (nSPS) is 13.2. The average molecular weight is 192 g/mol. The van der Waals surface area contributed by atoms with E-state index in [9.17, 15) is 0 Å². The molecule has 14 heavy (non-hydrogen) atoms. The molecular weight excluding hydrogens is 176 g/mol. The molecule has 2 nitrogen and oxygen atoms in total. The minimum atomic E-state index is 0.375. The van der Waals surface area contributed by atoms with Gasteiger partial charge < -0.3 is 9.47 Å². The molecule has 0 atom stereocenters. The second kappa shape index (κ2) is 4.36. The lowest BCUT2D eigenvalue weighted by Crippen LogP contribution is -1.94. The molecule has 0 N–H and O–H groups in total. The summed E-state index contributed by atoms with van der Waals surface area (Å²) >= 11 is 0. The summed E-state index contributed by atoms with van der Waals surface area (Å²) < 4.78 is 10.8. The monoisotopic (exact) mass is 192 g/mol. The van der Waals surface area contributed by atoms with Gasteiger partial charge in [0.15, 0.2) is 11.5 Å². The number of hydrogen-bond donors (Lipinski definition) is 0. The highest BCUT2D eigenvalue weighted by Gasteiger charge is 2.16. The van der Waals surface area contributed by atoms with Crippen molar-refractivity contribution in [3.8, 4) is 11.5 Å². The van der Waals surface area contributed by atoms with Crippen LogP contribution in [0, 0.1) is 0 Å². The largest absolute Gasteiger partial charge is 0.454 e. The molecule has 1 aliphatic heterocycles. The highest BCUT2D eigenvalue weighted by atomic mass is 16.7. The number of fused-ring (bicyclic) bond motifs is 1. The van der Waals surface area contributed by atoms with E-state index < -0.39 is 0 Å². The predicted octanol–water partition coefficient (Wildman–Crippen LogP) is 3.15. The highest BCUT2D eigenvalue weighted by molar-refractivity contribution is 5.48. The van der Waals surface area contributed by atoms with Crippen molar-refractivity contribution in [1.82, 2.24) is 0 Å². The average Bonchev–Trinajstić information content (AvgIpc) is 2.67. The van der Waals surface area contributed by atoms with E-state index in [-0.39, 0.29) is 0 Å². The third kappa shape index (κ3) is 1.84. The zero-order valence-electron chi connectivity index (χ0n) is 8.58. The van der Waals surface area contributed by atoms with Gasteiger partial charge in [-0.15, -0.1) is 0 Å². The summed E-state index contributed by atoms with van der Waals surface area (Å²) in [7, 11) is 0. The van der Waals surface area contributed by atoms with Crippen LogP contribution in [-0.4, -0.2) is 6.79 Å². The number of rotatable bonds is 4. The fraction of sp³-hybridized carbons (Fsp3) is 0.500. The van der Waals surface area contributed by atoms with Gasteiger partial charge in [-0.3, -0.25) is 0 Å². The Balaban J connectivity index is 2.06. The summed E-state index contributed by atoms with van der Waals surface area (Å²) in [5.41, 5.74) is 1.29. The standard InChI is InChI=1S/C12H16O2/c1-2-3-4-6-10-7-5-8-11-12(10)14-9-13-11/h5,7-8H,2-4,6,9H2,1H3. The van der Waals surface area contributed by atoms with E-state index in [4.69, 9.17) is 9.47 Å². The molecule has 2 heteroatoms. The third-order valence-electron chi connectivity index (χ3n) is 2.53. The number of hydrogen-bond acceptors (Lipinski definition) is 2. The van der Waals surface area contributed by atoms with Gasteiger partial charge in [0.05, 0.1) is 0 Å². The van der Waals surface area contributed by atoms with Crippen molar-refractivity contribution in [2.75, 3.05) is 6.79 Å². The van der Waals surface area contributed by atoms with Gasteiger partial charge in [-0.05, 0) is 24.5 Å². The molecule has 0 radical (unpaired) electrons. The molecule has 0 fully saturated rings. The molecule has 0 saturated carbocycles. The first-order valence-corrected chi connectivity index (χ1v) is 5.29. The molecule has 1 aromatic carbocycles. The topological polar surface area (TPSA) is 18.5 Å². The molecule has 0 amide bonds. The molecule has 0 unspecified atom stereocenters. The number of para-hydroxylation sites is 1. The van der Waals surface area contributed by atoms with Crippen LogP contribution in [-0.2, 0) is 6.42 Å². The molecule has 0 spiro atoms. The molecular formula is C12H16O2. The van der Waals surface area contributed by atoms with Gasteiger partial charge >= 0.3 is 0 Å².